The lowest BCUT2D eigenvalue weighted by molar-refractivity contribution is 0.416. The summed E-state index contributed by atoms with van der Waals surface area (Å²) >= 11 is 7.36. The summed E-state index contributed by atoms with van der Waals surface area (Å²) in [4.78, 5) is 1.06. The van der Waals surface area contributed by atoms with Crippen LogP contribution in [0.2, 0.25) is 5.02 Å². The molecule has 0 unspecified atom stereocenters. The molecule has 0 saturated heterocycles. The average Bonchev–Trinajstić information content (AvgIpc) is 2.80. The lowest BCUT2D eigenvalue weighted by Gasteiger charge is -2.11. The van der Waals surface area contributed by atoms with Crippen LogP contribution in [0.25, 0.3) is 0 Å². The predicted molar refractivity (Wildman–Crippen MR) is 81.0 cm³/mol. The van der Waals surface area contributed by atoms with Crippen LogP contribution in [-0.2, 0) is 16.6 Å². The summed E-state index contributed by atoms with van der Waals surface area (Å²) in [7, 11) is -2.23. The molecule has 108 valence electrons. The van der Waals surface area contributed by atoms with E-state index < -0.39 is 10.0 Å². The minimum Gasteiger partial charge on any atom is -0.495 e. The van der Waals surface area contributed by atoms with E-state index in [4.69, 9.17) is 21.5 Å². The molecule has 3 N–H and O–H groups in total. The number of thiophene rings is 1. The third kappa shape index (κ3) is 3.63. The Balaban J connectivity index is 2.24. The maximum atomic E-state index is 11.4. The van der Waals surface area contributed by atoms with Gasteiger partial charge in [0.2, 0.25) is 10.0 Å². The van der Waals surface area contributed by atoms with Crippen molar-refractivity contribution in [3.05, 3.63) is 39.5 Å². The van der Waals surface area contributed by atoms with Gasteiger partial charge in [-0.15, -0.1) is 11.3 Å². The second-order valence-corrected chi connectivity index (χ2v) is 6.99. The molecular weight excluding hydrogens is 320 g/mol. The van der Waals surface area contributed by atoms with Crippen molar-refractivity contribution in [1.29, 1.82) is 0 Å². The van der Waals surface area contributed by atoms with Gasteiger partial charge in [0.25, 0.3) is 0 Å². The molecule has 5 nitrogen and oxygen atoms in total. The zero-order chi connectivity index (χ0) is 14.8. The molecule has 2 aromatic rings. The standard InChI is InChI=1S/C12H13ClN2O3S2/c1-18-12-3-2-10(20(14,16)17)5-11(12)15-6-9-4-8(13)7-19-9/h2-5,7,15H,6H2,1H3,(H2,14,16,17). The van der Waals surface area contributed by atoms with Gasteiger partial charge in [-0.2, -0.15) is 0 Å². The second kappa shape index (κ2) is 6.01. The number of primary sulfonamides is 1. The molecule has 1 heterocycles. The van der Waals surface area contributed by atoms with E-state index in [1.807, 2.05) is 11.4 Å². The molecule has 0 amide bonds. The van der Waals surface area contributed by atoms with Crippen LogP contribution < -0.4 is 15.2 Å². The highest BCUT2D eigenvalue weighted by Gasteiger charge is 2.12. The van der Waals surface area contributed by atoms with Crippen LogP contribution in [0.1, 0.15) is 4.88 Å². The van der Waals surface area contributed by atoms with Gasteiger partial charge in [0.1, 0.15) is 5.75 Å². The van der Waals surface area contributed by atoms with Crippen LogP contribution in [0.4, 0.5) is 5.69 Å². The maximum absolute atomic E-state index is 11.4. The van der Waals surface area contributed by atoms with Crippen LogP contribution >= 0.6 is 22.9 Å². The molecule has 0 aliphatic heterocycles. The fourth-order valence-electron chi connectivity index (χ4n) is 1.63. The molecule has 0 fully saturated rings. The molecule has 8 heteroatoms. The molecule has 0 saturated carbocycles. The summed E-state index contributed by atoms with van der Waals surface area (Å²) in [5.41, 5.74) is 0.559. The predicted octanol–water partition coefficient (Wildman–Crippen LogP) is 2.67. The molecule has 1 aromatic carbocycles. The Morgan fingerprint density at radius 2 is 2.15 bits per heavy atom. The van der Waals surface area contributed by atoms with E-state index >= 15 is 0 Å². The number of benzene rings is 1. The van der Waals surface area contributed by atoms with Crippen molar-refractivity contribution < 1.29 is 13.2 Å². The fraction of sp³-hybridized carbons (Fsp3) is 0.167. The summed E-state index contributed by atoms with van der Waals surface area (Å²) in [5, 5.41) is 10.7. The summed E-state index contributed by atoms with van der Waals surface area (Å²) in [6.45, 7) is 0.516. The minimum atomic E-state index is -3.74. The molecule has 0 spiro atoms. The van der Waals surface area contributed by atoms with Crippen molar-refractivity contribution in [2.45, 2.75) is 11.4 Å². The van der Waals surface area contributed by atoms with Gasteiger partial charge in [-0.05, 0) is 24.3 Å². The molecule has 20 heavy (non-hydrogen) atoms. The normalized spacial score (nSPS) is 11.3. The summed E-state index contributed by atoms with van der Waals surface area (Å²) < 4.78 is 27.9. The van der Waals surface area contributed by atoms with Crippen molar-refractivity contribution in [2.75, 3.05) is 12.4 Å². The van der Waals surface area contributed by atoms with E-state index in [0.29, 0.717) is 23.0 Å². The fourth-order valence-corrected chi connectivity index (χ4v) is 3.18. The number of sulfonamides is 1. The smallest absolute Gasteiger partial charge is 0.238 e. The first-order valence-corrected chi connectivity index (χ1v) is 8.38. The van der Waals surface area contributed by atoms with E-state index in [0.717, 1.165) is 4.88 Å². The number of hydrogen-bond donors (Lipinski definition) is 2. The molecular formula is C12H13ClN2O3S2. The topological polar surface area (TPSA) is 81.4 Å². The molecule has 1 aromatic heterocycles. The largest absolute Gasteiger partial charge is 0.495 e. The molecule has 2 rings (SSSR count). The van der Waals surface area contributed by atoms with Crippen molar-refractivity contribution >= 4 is 38.6 Å². The number of nitrogens with two attached hydrogens (primary N) is 1. The third-order valence-electron chi connectivity index (χ3n) is 2.57. The monoisotopic (exact) mass is 332 g/mol. The van der Waals surface area contributed by atoms with Crippen LogP contribution in [-0.4, -0.2) is 15.5 Å². The minimum absolute atomic E-state index is 0.0324. The number of methoxy groups -OCH3 is 1. The van der Waals surface area contributed by atoms with Crippen LogP contribution in [0.5, 0.6) is 5.75 Å². The van der Waals surface area contributed by atoms with Gasteiger partial charge in [-0.25, -0.2) is 13.6 Å². The van der Waals surface area contributed by atoms with Gasteiger partial charge < -0.3 is 10.1 Å². The quantitative estimate of drug-likeness (QED) is 0.882. The van der Waals surface area contributed by atoms with Crippen molar-refractivity contribution in [2.24, 2.45) is 5.14 Å². The zero-order valence-electron chi connectivity index (χ0n) is 10.6. The Bertz CT molecular complexity index is 713. The number of halogens is 1. The average molecular weight is 333 g/mol. The Morgan fingerprint density at radius 1 is 1.40 bits per heavy atom. The van der Waals surface area contributed by atoms with Crippen molar-refractivity contribution in [1.82, 2.24) is 0 Å². The number of hydrogen-bond acceptors (Lipinski definition) is 5. The molecule has 0 aliphatic rings. The van der Waals surface area contributed by atoms with E-state index in [1.54, 1.807) is 6.07 Å². The molecule has 0 aliphatic carbocycles. The first-order chi connectivity index (χ1) is 9.40. The lowest BCUT2D eigenvalue weighted by atomic mass is 10.3. The number of nitrogens with one attached hydrogen (secondary N) is 1. The van der Waals surface area contributed by atoms with E-state index in [9.17, 15) is 8.42 Å². The lowest BCUT2D eigenvalue weighted by Crippen LogP contribution is -2.12. The van der Waals surface area contributed by atoms with Gasteiger partial charge in [0.15, 0.2) is 0 Å². The van der Waals surface area contributed by atoms with Crippen LogP contribution in [0.3, 0.4) is 0 Å². The Kier molecular flexibility index (Phi) is 4.54. The number of rotatable bonds is 5. The van der Waals surface area contributed by atoms with Gasteiger partial charge >= 0.3 is 0 Å². The second-order valence-electron chi connectivity index (χ2n) is 3.99. The first-order valence-electron chi connectivity index (χ1n) is 5.58. The van der Waals surface area contributed by atoms with Crippen molar-refractivity contribution in [3.63, 3.8) is 0 Å². The first kappa shape index (κ1) is 15.1. The highest BCUT2D eigenvalue weighted by Crippen LogP contribution is 2.28. The summed E-state index contributed by atoms with van der Waals surface area (Å²) in [5.74, 6) is 0.542. The van der Waals surface area contributed by atoms with E-state index in [2.05, 4.69) is 5.32 Å². The SMILES string of the molecule is COc1ccc(S(N)(=O)=O)cc1NCc1cc(Cl)cs1. The summed E-state index contributed by atoms with van der Waals surface area (Å²) in [6.07, 6.45) is 0. The molecule has 0 bridgehead atoms. The van der Waals surface area contributed by atoms with Gasteiger partial charge in [0.05, 0.1) is 22.7 Å². The Labute approximate surface area is 126 Å². The zero-order valence-corrected chi connectivity index (χ0v) is 13.0. The molecule has 0 radical (unpaired) electrons. The maximum Gasteiger partial charge on any atom is 0.238 e. The number of anilines is 1. The highest BCUT2D eigenvalue weighted by atomic mass is 35.5. The summed E-state index contributed by atoms with van der Waals surface area (Å²) in [6, 6.07) is 6.25. The third-order valence-corrected chi connectivity index (χ3v) is 4.77. The number of ether oxygens (including phenoxy) is 1. The van der Waals surface area contributed by atoms with E-state index in [1.165, 1.54) is 30.6 Å². The van der Waals surface area contributed by atoms with Crippen LogP contribution in [0, 0.1) is 0 Å². The highest BCUT2D eigenvalue weighted by molar-refractivity contribution is 7.89. The van der Waals surface area contributed by atoms with Gasteiger partial charge in [-0.3, -0.25) is 0 Å². The van der Waals surface area contributed by atoms with Gasteiger partial charge in [0, 0.05) is 16.8 Å². The molecule has 0 atom stereocenters. The van der Waals surface area contributed by atoms with E-state index in [-0.39, 0.29) is 4.90 Å². The van der Waals surface area contributed by atoms with Gasteiger partial charge in [-0.1, -0.05) is 11.6 Å². The Hall–Kier alpha value is -1.28. The van der Waals surface area contributed by atoms with Crippen molar-refractivity contribution in [3.8, 4) is 5.75 Å². The van der Waals surface area contributed by atoms with Crippen LogP contribution in [0.15, 0.2) is 34.5 Å². The Morgan fingerprint density at radius 3 is 2.70 bits per heavy atom.